The Morgan fingerprint density at radius 1 is 1.19 bits per heavy atom. The quantitative estimate of drug-likeness (QED) is 0.553. The fourth-order valence-corrected chi connectivity index (χ4v) is 3.55. The maximum absolute atomic E-state index is 12.2. The molecule has 0 saturated heterocycles. The lowest BCUT2D eigenvalue weighted by Gasteiger charge is -2.12. The van der Waals surface area contributed by atoms with Gasteiger partial charge in [-0.2, -0.15) is 0 Å². The van der Waals surface area contributed by atoms with Crippen molar-refractivity contribution in [1.29, 1.82) is 0 Å². The summed E-state index contributed by atoms with van der Waals surface area (Å²) in [5.74, 6) is 1.12. The van der Waals surface area contributed by atoms with Gasteiger partial charge in [-0.25, -0.2) is 13.1 Å². The highest BCUT2D eigenvalue weighted by Crippen LogP contribution is 2.34. The van der Waals surface area contributed by atoms with Crippen LogP contribution in [0.4, 0.5) is 5.69 Å². The molecule has 0 aliphatic carbocycles. The number of benzene rings is 2. The summed E-state index contributed by atoms with van der Waals surface area (Å²) < 4.78 is 37.2. The van der Waals surface area contributed by atoms with Crippen LogP contribution < -0.4 is 14.2 Å². The molecule has 138 valence electrons. The Morgan fingerprint density at radius 3 is 2.73 bits per heavy atom. The van der Waals surface area contributed by atoms with Gasteiger partial charge in [-0.05, 0) is 30.2 Å². The highest BCUT2D eigenvalue weighted by molar-refractivity contribution is 7.89. The first-order chi connectivity index (χ1) is 12.4. The van der Waals surface area contributed by atoms with E-state index in [1.54, 1.807) is 18.2 Å². The molecule has 1 unspecified atom stereocenters. The first-order valence-electron chi connectivity index (χ1n) is 7.68. The number of fused-ring (bicyclic) bond motifs is 1. The van der Waals surface area contributed by atoms with Crippen LogP contribution in [-0.4, -0.2) is 31.8 Å². The van der Waals surface area contributed by atoms with Gasteiger partial charge in [0.05, 0.1) is 15.9 Å². The molecule has 2 N–H and O–H groups in total. The monoisotopic (exact) mass is 380 g/mol. The average molecular weight is 380 g/mol. The van der Waals surface area contributed by atoms with Gasteiger partial charge in [0.2, 0.25) is 16.8 Å². The molecule has 9 nitrogen and oxygen atoms in total. The van der Waals surface area contributed by atoms with Gasteiger partial charge >= 0.3 is 0 Å². The third kappa shape index (κ3) is 3.93. The second-order valence-corrected chi connectivity index (χ2v) is 7.34. The van der Waals surface area contributed by atoms with Crippen molar-refractivity contribution in [2.75, 3.05) is 13.3 Å². The van der Waals surface area contributed by atoms with Gasteiger partial charge in [0.15, 0.2) is 11.5 Å². The number of hydrogen-bond donors (Lipinski definition) is 2. The van der Waals surface area contributed by atoms with Crippen LogP contribution in [0.2, 0.25) is 0 Å². The molecule has 0 amide bonds. The largest absolute Gasteiger partial charge is 0.454 e. The SMILES string of the molecule is O=[N+]([O-])c1cccc(S(=O)(=O)NCCC(O)c2ccc3c(c2)OCO3)c1. The maximum Gasteiger partial charge on any atom is 0.270 e. The van der Waals surface area contributed by atoms with Crippen molar-refractivity contribution in [1.82, 2.24) is 4.72 Å². The van der Waals surface area contributed by atoms with Crippen LogP contribution in [0.3, 0.4) is 0 Å². The molecule has 1 atom stereocenters. The molecule has 0 bridgehead atoms. The van der Waals surface area contributed by atoms with Crippen LogP contribution in [0.1, 0.15) is 18.1 Å². The normalized spacial score (nSPS) is 14.2. The van der Waals surface area contributed by atoms with Crippen molar-refractivity contribution < 1.29 is 27.9 Å². The van der Waals surface area contributed by atoms with Crippen molar-refractivity contribution in [3.63, 3.8) is 0 Å². The predicted molar refractivity (Wildman–Crippen MR) is 90.4 cm³/mol. The first kappa shape index (κ1) is 18.1. The Labute approximate surface area is 149 Å². The molecule has 26 heavy (non-hydrogen) atoms. The fourth-order valence-electron chi connectivity index (χ4n) is 2.46. The Hall–Kier alpha value is -2.69. The molecular formula is C16H16N2O7S. The van der Waals surface area contributed by atoms with Crippen LogP contribution in [-0.2, 0) is 10.0 Å². The van der Waals surface area contributed by atoms with E-state index in [0.29, 0.717) is 17.1 Å². The molecule has 0 fully saturated rings. The van der Waals surface area contributed by atoms with E-state index in [1.807, 2.05) is 0 Å². The summed E-state index contributed by atoms with van der Waals surface area (Å²) in [5.41, 5.74) is 0.261. The molecule has 1 aliphatic heterocycles. The van der Waals surface area contributed by atoms with E-state index in [2.05, 4.69) is 4.72 Å². The minimum Gasteiger partial charge on any atom is -0.454 e. The van der Waals surface area contributed by atoms with Gasteiger partial charge in [-0.1, -0.05) is 12.1 Å². The zero-order valence-corrected chi connectivity index (χ0v) is 14.3. The van der Waals surface area contributed by atoms with Crippen molar-refractivity contribution in [3.8, 4) is 11.5 Å². The van der Waals surface area contributed by atoms with Crippen molar-refractivity contribution in [2.24, 2.45) is 0 Å². The zero-order valence-electron chi connectivity index (χ0n) is 13.5. The Balaban J connectivity index is 1.61. The van der Waals surface area contributed by atoms with Gasteiger partial charge in [0, 0.05) is 18.7 Å². The van der Waals surface area contributed by atoms with Crippen molar-refractivity contribution >= 4 is 15.7 Å². The summed E-state index contributed by atoms with van der Waals surface area (Å²) in [6.45, 7) is 0.0819. The highest BCUT2D eigenvalue weighted by Gasteiger charge is 2.19. The van der Waals surface area contributed by atoms with Crippen molar-refractivity contribution in [3.05, 3.63) is 58.1 Å². The van der Waals surface area contributed by atoms with E-state index >= 15 is 0 Å². The number of non-ortho nitro benzene ring substituents is 1. The summed E-state index contributed by atoms with van der Waals surface area (Å²) in [4.78, 5) is 9.89. The van der Waals surface area contributed by atoms with Crippen LogP contribution in [0, 0.1) is 10.1 Å². The van der Waals surface area contributed by atoms with E-state index < -0.39 is 21.1 Å². The number of aliphatic hydroxyl groups is 1. The Kier molecular flexibility index (Phi) is 5.07. The van der Waals surface area contributed by atoms with Crippen LogP contribution in [0.5, 0.6) is 11.5 Å². The number of nitro groups is 1. The second kappa shape index (κ2) is 7.28. The van der Waals surface area contributed by atoms with Gasteiger partial charge in [-0.3, -0.25) is 10.1 Å². The number of sulfonamides is 1. The summed E-state index contributed by atoms with van der Waals surface area (Å²) in [7, 11) is -3.91. The van der Waals surface area contributed by atoms with E-state index in [9.17, 15) is 23.6 Å². The second-order valence-electron chi connectivity index (χ2n) is 5.57. The smallest absolute Gasteiger partial charge is 0.270 e. The minimum absolute atomic E-state index is 0.0410. The van der Waals surface area contributed by atoms with Gasteiger partial charge in [-0.15, -0.1) is 0 Å². The number of rotatable bonds is 7. The number of aliphatic hydroxyl groups excluding tert-OH is 1. The molecule has 1 heterocycles. The predicted octanol–water partition coefficient (Wildman–Crippen LogP) is 1.73. The first-order valence-corrected chi connectivity index (χ1v) is 9.17. The molecule has 3 rings (SSSR count). The Bertz CT molecular complexity index is 930. The summed E-state index contributed by atoms with van der Waals surface area (Å²) in [5, 5.41) is 21.0. The minimum atomic E-state index is -3.91. The molecule has 2 aromatic rings. The van der Waals surface area contributed by atoms with Gasteiger partial charge < -0.3 is 14.6 Å². The molecule has 0 radical (unpaired) electrons. The lowest BCUT2D eigenvalue weighted by atomic mass is 10.1. The lowest BCUT2D eigenvalue weighted by Crippen LogP contribution is -2.26. The number of hydrogen-bond acceptors (Lipinski definition) is 7. The van der Waals surface area contributed by atoms with E-state index in [4.69, 9.17) is 9.47 Å². The topological polar surface area (TPSA) is 128 Å². The summed E-state index contributed by atoms with van der Waals surface area (Å²) in [6.07, 6.45) is -0.786. The molecule has 10 heteroatoms. The standard InChI is InChI=1S/C16H16N2O7S/c19-14(11-4-5-15-16(8-11)25-10-24-15)6-7-17-26(22,23)13-3-1-2-12(9-13)18(20)21/h1-5,8-9,14,17,19H,6-7,10H2. The number of nitrogens with one attached hydrogen (secondary N) is 1. The van der Waals surface area contributed by atoms with Crippen molar-refractivity contribution in [2.45, 2.75) is 17.4 Å². The zero-order chi connectivity index (χ0) is 18.7. The molecular weight excluding hydrogens is 364 g/mol. The summed E-state index contributed by atoms with van der Waals surface area (Å²) in [6, 6.07) is 9.75. The fraction of sp³-hybridized carbons (Fsp3) is 0.250. The maximum atomic E-state index is 12.2. The number of ether oxygens (including phenoxy) is 2. The van der Waals surface area contributed by atoms with E-state index in [-0.39, 0.29) is 30.3 Å². The number of nitro benzene ring substituents is 1. The molecule has 1 aliphatic rings. The van der Waals surface area contributed by atoms with E-state index in [1.165, 1.54) is 18.2 Å². The molecule has 2 aromatic carbocycles. The van der Waals surface area contributed by atoms with Crippen LogP contribution in [0.15, 0.2) is 47.4 Å². The summed E-state index contributed by atoms with van der Waals surface area (Å²) >= 11 is 0. The lowest BCUT2D eigenvalue weighted by molar-refractivity contribution is -0.385. The Morgan fingerprint density at radius 2 is 1.96 bits per heavy atom. The molecule has 0 saturated carbocycles. The van der Waals surface area contributed by atoms with Crippen LogP contribution in [0.25, 0.3) is 0 Å². The third-order valence-electron chi connectivity index (χ3n) is 3.83. The van der Waals surface area contributed by atoms with Gasteiger partial charge in [0.25, 0.3) is 5.69 Å². The number of nitrogens with zero attached hydrogens (tertiary/aromatic N) is 1. The van der Waals surface area contributed by atoms with E-state index in [0.717, 1.165) is 6.07 Å². The molecule has 0 spiro atoms. The third-order valence-corrected chi connectivity index (χ3v) is 5.29. The average Bonchev–Trinajstić information content (AvgIpc) is 3.09. The highest BCUT2D eigenvalue weighted by atomic mass is 32.2. The van der Waals surface area contributed by atoms with Gasteiger partial charge in [0.1, 0.15) is 0 Å². The van der Waals surface area contributed by atoms with Crippen LogP contribution >= 0.6 is 0 Å². The molecule has 0 aromatic heterocycles.